The Kier molecular flexibility index (Phi) is 75.8. The highest BCUT2D eigenvalue weighted by Gasteiger charge is 2.20. The van der Waals surface area contributed by atoms with Gasteiger partial charge in [-0.3, -0.25) is 9.59 Å². The van der Waals surface area contributed by atoms with Crippen LogP contribution in [0, 0.1) is 0 Å². The maximum atomic E-state index is 12.6. The summed E-state index contributed by atoms with van der Waals surface area (Å²) in [7, 11) is 0. The molecule has 0 aromatic rings. The Labute approximate surface area is 546 Å². The highest BCUT2D eigenvalue weighted by atomic mass is 16.5. The first kappa shape index (κ1) is 85.6. The lowest BCUT2D eigenvalue weighted by Crippen LogP contribution is -2.45. The van der Waals surface area contributed by atoms with Crippen LogP contribution in [0.5, 0.6) is 0 Å². The van der Waals surface area contributed by atoms with Crippen molar-refractivity contribution in [2.75, 3.05) is 13.2 Å². The summed E-state index contributed by atoms with van der Waals surface area (Å²) in [5.74, 6) is -0.00485. The molecule has 0 spiro atoms. The molecule has 0 aromatic carbocycles. The molecule has 2 unspecified atom stereocenters. The lowest BCUT2D eigenvalue weighted by atomic mass is 10.0. The molecule has 0 aliphatic rings. The molecule has 6 nitrogen and oxygen atoms in total. The van der Waals surface area contributed by atoms with E-state index in [4.69, 9.17) is 4.74 Å². The van der Waals surface area contributed by atoms with Gasteiger partial charge in [0.1, 0.15) is 0 Å². The van der Waals surface area contributed by atoms with Gasteiger partial charge in [-0.05, 0) is 51.4 Å². The van der Waals surface area contributed by atoms with Crippen LogP contribution in [-0.2, 0) is 14.3 Å². The Hall–Kier alpha value is -1.40. The Morgan fingerprint density at radius 1 is 0.310 bits per heavy atom. The van der Waals surface area contributed by atoms with E-state index < -0.39 is 12.1 Å². The van der Waals surface area contributed by atoms with Crippen molar-refractivity contribution in [3.8, 4) is 0 Å². The average Bonchev–Trinajstić information content (AvgIpc) is 3.57. The first-order valence-electron chi connectivity index (χ1n) is 40.4. The number of nitrogens with one attached hydrogen (secondary N) is 1. The lowest BCUT2D eigenvalue weighted by Gasteiger charge is -2.22. The number of hydrogen-bond donors (Lipinski definition) is 3. The highest BCUT2D eigenvalue weighted by Crippen LogP contribution is 2.20. The summed E-state index contributed by atoms with van der Waals surface area (Å²) in [5.41, 5.74) is 0. The van der Waals surface area contributed by atoms with E-state index in [1.807, 2.05) is 0 Å². The minimum Gasteiger partial charge on any atom is -0.466 e. The van der Waals surface area contributed by atoms with Crippen molar-refractivity contribution >= 4 is 11.9 Å². The third kappa shape index (κ3) is 73.5. The largest absolute Gasteiger partial charge is 0.466 e. The fourth-order valence-electron chi connectivity index (χ4n) is 13.2. The Morgan fingerprint density at radius 2 is 0.540 bits per heavy atom. The van der Waals surface area contributed by atoms with E-state index in [-0.39, 0.29) is 18.5 Å². The van der Waals surface area contributed by atoms with Gasteiger partial charge < -0.3 is 20.3 Å². The number of unbranched alkanes of at least 4 members (excludes halogenated alkanes) is 64. The molecular weight excluding hydrogens is 1070 g/mol. The molecule has 0 aliphatic carbocycles. The van der Waals surface area contributed by atoms with Crippen molar-refractivity contribution in [2.24, 2.45) is 0 Å². The molecule has 3 N–H and O–H groups in total. The maximum Gasteiger partial charge on any atom is 0.305 e. The number of aliphatic hydroxyl groups excluding tert-OH is 2. The van der Waals surface area contributed by atoms with Crippen LogP contribution in [0.3, 0.4) is 0 Å². The Balaban J connectivity index is 3.35. The van der Waals surface area contributed by atoms with Crippen molar-refractivity contribution < 1.29 is 24.5 Å². The number of esters is 1. The lowest BCUT2D eigenvalue weighted by molar-refractivity contribution is -0.143. The fourth-order valence-corrected chi connectivity index (χ4v) is 13.2. The summed E-state index contributed by atoms with van der Waals surface area (Å²) in [6.45, 7) is 5.01. The standard InChI is InChI=1S/C81H159NO5/c1-3-5-7-9-11-13-15-17-18-19-20-21-22-31-34-37-40-43-46-50-53-57-61-65-69-73-79(84)78(77-83)82-80(85)74-70-66-62-58-54-51-47-44-41-38-35-32-29-27-25-23-24-26-28-30-33-36-39-42-45-48-52-56-60-64-68-72-76-87-81(86)75-71-67-63-59-55-49-16-14-12-10-8-6-4-2/h26,28,78-79,83-84H,3-25,27,29-77H2,1-2H3,(H,82,85)/b28-26-. The van der Waals surface area contributed by atoms with E-state index in [2.05, 4.69) is 31.3 Å². The molecule has 0 saturated carbocycles. The third-order valence-electron chi connectivity index (χ3n) is 19.3. The molecule has 6 heteroatoms. The van der Waals surface area contributed by atoms with Crippen molar-refractivity contribution in [1.29, 1.82) is 0 Å². The van der Waals surface area contributed by atoms with E-state index in [1.54, 1.807) is 0 Å². The van der Waals surface area contributed by atoms with Gasteiger partial charge in [0.05, 0.1) is 25.4 Å². The molecule has 87 heavy (non-hydrogen) atoms. The Morgan fingerprint density at radius 3 is 0.816 bits per heavy atom. The number of carbonyl (C=O) groups excluding carboxylic acids is 2. The molecule has 0 heterocycles. The van der Waals surface area contributed by atoms with Gasteiger partial charge >= 0.3 is 5.97 Å². The topological polar surface area (TPSA) is 95.9 Å². The van der Waals surface area contributed by atoms with Crippen LogP contribution in [0.15, 0.2) is 12.2 Å². The molecule has 2 atom stereocenters. The Bertz CT molecular complexity index is 1320. The predicted octanol–water partition coefficient (Wildman–Crippen LogP) is 26.7. The van der Waals surface area contributed by atoms with Gasteiger partial charge in [-0.15, -0.1) is 0 Å². The number of amides is 1. The zero-order chi connectivity index (χ0) is 62.8. The third-order valence-corrected chi connectivity index (χ3v) is 19.3. The molecule has 518 valence electrons. The van der Waals surface area contributed by atoms with Gasteiger partial charge in [-0.1, -0.05) is 418 Å². The second-order valence-corrected chi connectivity index (χ2v) is 28.1. The van der Waals surface area contributed by atoms with Crippen LogP contribution in [0.2, 0.25) is 0 Å². The molecular formula is C81H159NO5. The molecule has 0 saturated heterocycles. The summed E-state index contributed by atoms with van der Waals surface area (Å²) in [6, 6.07) is -0.540. The van der Waals surface area contributed by atoms with Crippen LogP contribution in [-0.4, -0.2) is 47.4 Å². The van der Waals surface area contributed by atoms with Gasteiger partial charge in [0.15, 0.2) is 0 Å². The van der Waals surface area contributed by atoms with Crippen LogP contribution >= 0.6 is 0 Å². The van der Waals surface area contributed by atoms with E-state index >= 15 is 0 Å². The van der Waals surface area contributed by atoms with E-state index in [1.165, 1.54) is 398 Å². The van der Waals surface area contributed by atoms with Crippen LogP contribution in [0.4, 0.5) is 0 Å². The van der Waals surface area contributed by atoms with Crippen molar-refractivity contribution in [3.63, 3.8) is 0 Å². The molecule has 0 fully saturated rings. The molecule has 1 amide bonds. The summed E-state index contributed by atoms with van der Waals surface area (Å²) in [5, 5.41) is 23.5. The fraction of sp³-hybridized carbons (Fsp3) is 0.951. The molecule has 0 radical (unpaired) electrons. The monoisotopic (exact) mass is 1230 g/mol. The zero-order valence-corrected chi connectivity index (χ0v) is 59.5. The van der Waals surface area contributed by atoms with Gasteiger partial charge in [0, 0.05) is 12.8 Å². The van der Waals surface area contributed by atoms with Gasteiger partial charge in [-0.25, -0.2) is 0 Å². The van der Waals surface area contributed by atoms with Gasteiger partial charge in [0.25, 0.3) is 0 Å². The number of allylic oxidation sites excluding steroid dienone is 2. The first-order valence-corrected chi connectivity index (χ1v) is 40.4. The minimum atomic E-state index is -0.664. The number of aliphatic hydroxyl groups is 2. The number of hydrogen-bond acceptors (Lipinski definition) is 5. The predicted molar refractivity (Wildman–Crippen MR) is 384 cm³/mol. The smallest absolute Gasteiger partial charge is 0.305 e. The second kappa shape index (κ2) is 77.1. The van der Waals surface area contributed by atoms with Crippen LogP contribution in [0.25, 0.3) is 0 Å². The van der Waals surface area contributed by atoms with E-state index in [0.717, 1.165) is 38.5 Å². The number of ether oxygens (including phenoxy) is 1. The minimum absolute atomic E-state index is 0.0211. The van der Waals surface area contributed by atoms with Gasteiger partial charge in [-0.2, -0.15) is 0 Å². The second-order valence-electron chi connectivity index (χ2n) is 28.1. The SMILES string of the molecule is CCCCCCCCCCCCCCCCCCCCCCCCCCCC(O)C(CO)NC(=O)CCCCCCCCCCCCCCCCCC/C=C\CCCCCCCCCCCCCCOC(=O)CCCCCCCCCCCCCCC. The normalized spacial score (nSPS) is 12.5. The van der Waals surface area contributed by atoms with Crippen LogP contribution < -0.4 is 5.32 Å². The average molecular weight is 1230 g/mol. The zero-order valence-electron chi connectivity index (χ0n) is 59.5. The van der Waals surface area contributed by atoms with Gasteiger partial charge in [0.2, 0.25) is 5.91 Å². The highest BCUT2D eigenvalue weighted by molar-refractivity contribution is 5.76. The first-order chi connectivity index (χ1) is 43.0. The van der Waals surface area contributed by atoms with Crippen LogP contribution in [0.1, 0.15) is 470 Å². The van der Waals surface area contributed by atoms with Crippen molar-refractivity contribution in [2.45, 2.75) is 482 Å². The summed E-state index contributed by atoms with van der Waals surface area (Å²) in [6.07, 6.45) is 97.4. The molecule has 0 rings (SSSR count). The quantitative estimate of drug-likeness (QED) is 0.0320. The maximum absolute atomic E-state index is 12.6. The number of carbonyl (C=O) groups is 2. The molecule has 0 aromatic heterocycles. The summed E-state index contributed by atoms with van der Waals surface area (Å²) < 4.78 is 5.49. The summed E-state index contributed by atoms with van der Waals surface area (Å²) in [4.78, 5) is 24.6. The number of rotatable bonds is 77. The molecule has 0 aliphatic heterocycles. The van der Waals surface area contributed by atoms with Crippen molar-refractivity contribution in [3.05, 3.63) is 12.2 Å². The van der Waals surface area contributed by atoms with Crippen molar-refractivity contribution in [1.82, 2.24) is 5.32 Å². The van der Waals surface area contributed by atoms with E-state index in [0.29, 0.717) is 25.9 Å². The molecule has 0 bridgehead atoms. The summed E-state index contributed by atoms with van der Waals surface area (Å²) >= 11 is 0. The van der Waals surface area contributed by atoms with E-state index in [9.17, 15) is 19.8 Å².